The topological polar surface area (TPSA) is 115 Å². The van der Waals surface area contributed by atoms with Crippen LogP contribution in [-0.2, 0) is 11.3 Å². The summed E-state index contributed by atoms with van der Waals surface area (Å²) in [6.07, 6.45) is 2.88. The molecule has 0 aliphatic rings. The van der Waals surface area contributed by atoms with Crippen LogP contribution in [0.3, 0.4) is 0 Å². The van der Waals surface area contributed by atoms with Gasteiger partial charge in [-0.05, 0) is 30.7 Å². The lowest BCUT2D eigenvalue weighted by Crippen LogP contribution is -2.18. The highest BCUT2D eigenvalue weighted by atomic mass is 35.5. The van der Waals surface area contributed by atoms with E-state index in [9.17, 15) is 9.59 Å². The number of amides is 1. The van der Waals surface area contributed by atoms with Gasteiger partial charge in [0.25, 0.3) is 5.91 Å². The number of anilines is 1. The highest BCUT2D eigenvalue weighted by Crippen LogP contribution is 2.22. The zero-order chi connectivity index (χ0) is 19.6. The van der Waals surface area contributed by atoms with E-state index in [4.69, 9.17) is 28.3 Å². The Kier molecular flexibility index (Phi) is 5.43. The predicted molar refractivity (Wildman–Crippen MR) is 98.1 cm³/mol. The maximum Gasteiger partial charge on any atom is 0.328 e. The minimum atomic E-state index is -1.05. The minimum Gasteiger partial charge on any atom is -0.480 e. The van der Waals surface area contributed by atoms with Gasteiger partial charge < -0.3 is 5.11 Å². The summed E-state index contributed by atoms with van der Waals surface area (Å²) in [4.78, 5) is 27.2. The first kappa shape index (κ1) is 18.9. The number of aliphatic carboxylic acids is 1. The van der Waals surface area contributed by atoms with Gasteiger partial charge >= 0.3 is 5.97 Å². The van der Waals surface area contributed by atoms with Crippen LogP contribution >= 0.6 is 23.2 Å². The molecule has 0 fully saturated rings. The molecule has 9 nitrogen and oxygen atoms in total. The first-order valence-corrected chi connectivity index (χ1v) is 8.52. The molecule has 0 aliphatic heterocycles. The largest absolute Gasteiger partial charge is 0.480 e. The summed E-state index contributed by atoms with van der Waals surface area (Å²) in [7, 11) is 0. The molecule has 2 aromatic heterocycles. The second kappa shape index (κ2) is 7.77. The normalized spacial score (nSPS) is 12.0. The summed E-state index contributed by atoms with van der Waals surface area (Å²) in [5, 5.41) is 20.5. The molecule has 27 heavy (non-hydrogen) atoms. The fraction of sp³-hybridized carbons (Fsp3) is 0.188. The van der Waals surface area contributed by atoms with E-state index in [2.05, 4.69) is 20.5 Å². The van der Waals surface area contributed by atoms with Gasteiger partial charge in [0.05, 0.1) is 16.6 Å². The van der Waals surface area contributed by atoms with Crippen molar-refractivity contribution >= 4 is 41.0 Å². The second-order valence-electron chi connectivity index (χ2n) is 5.66. The van der Waals surface area contributed by atoms with Crippen molar-refractivity contribution in [1.82, 2.24) is 24.5 Å². The van der Waals surface area contributed by atoms with Crippen molar-refractivity contribution in [3.05, 3.63) is 58.1 Å². The van der Waals surface area contributed by atoms with Crippen molar-refractivity contribution in [2.75, 3.05) is 5.32 Å². The van der Waals surface area contributed by atoms with Crippen LogP contribution in [0.15, 0.2) is 36.8 Å². The Bertz CT molecular complexity index is 1000. The van der Waals surface area contributed by atoms with Crippen LogP contribution in [0.25, 0.3) is 0 Å². The Balaban J connectivity index is 1.65. The Morgan fingerprint density at radius 2 is 2.00 bits per heavy atom. The van der Waals surface area contributed by atoms with Gasteiger partial charge in [0, 0.05) is 6.20 Å². The molecule has 0 bridgehead atoms. The fourth-order valence-electron chi connectivity index (χ4n) is 2.21. The number of carboxylic acid groups (broad SMARTS) is 1. The number of nitrogens with one attached hydrogen (secondary N) is 1. The number of rotatable bonds is 6. The lowest BCUT2D eigenvalue weighted by molar-refractivity contribution is -0.140. The minimum absolute atomic E-state index is 0.0592. The third-order valence-electron chi connectivity index (χ3n) is 3.69. The SMILES string of the molecule is CC(C(=O)O)n1ccc(C(=O)Nc2ncn(Cc3ccc(Cl)c(Cl)c3)n2)n1. The predicted octanol–water partition coefficient (Wildman–Crippen LogP) is 2.73. The number of carbonyl (C=O) groups excluding carboxylic acids is 1. The maximum absolute atomic E-state index is 12.2. The molecule has 1 atom stereocenters. The van der Waals surface area contributed by atoms with E-state index in [0.717, 1.165) is 5.56 Å². The fourth-order valence-corrected chi connectivity index (χ4v) is 2.53. The third kappa shape index (κ3) is 4.44. The Morgan fingerprint density at radius 3 is 2.70 bits per heavy atom. The number of carboxylic acids is 1. The molecular formula is C16H14Cl2N6O3. The van der Waals surface area contributed by atoms with Crippen LogP contribution in [0, 0.1) is 0 Å². The number of carbonyl (C=O) groups is 2. The summed E-state index contributed by atoms with van der Waals surface area (Å²) >= 11 is 11.9. The molecule has 11 heteroatoms. The van der Waals surface area contributed by atoms with Crippen LogP contribution < -0.4 is 5.32 Å². The molecular weight excluding hydrogens is 395 g/mol. The van der Waals surface area contributed by atoms with E-state index < -0.39 is 17.9 Å². The Morgan fingerprint density at radius 1 is 1.22 bits per heavy atom. The van der Waals surface area contributed by atoms with Crippen molar-refractivity contribution < 1.29 is 14.7 Å². The van der Waals surface area contributed by atoms with Crippen LogP contribution in [0.1, 0.15) is 29.0 Å². The highest BCUT2D eigenvalue weighted by molar-refractivity contribution is 6.42. The first-order chi connectivity index (χ1) is 12.8. The summed E-state index contributed by atoms with van der Waals surface area (Å²) in [5.41, 5.74) is 0.928. The smallest absolute Gasteiger partial charge is 0.328 e. The Labute approximate surface area is 163 Å². The summed E-state index contributed by atoms with van der Waals surface area (Å²) in [5.74, 6) is -1.49. The molecule has 3 rings (SSSR count). The molecule has 1 unspecified atom stereocenters. The standard InChI is InChI=1S/C16H14Cl2N6O3/c1-9(15(26)27)24-5-4-13(21-24)14(25)20-16-19-8-23(22-16)7-10-2-3-11(17)12(18)6-10/h2-6,8-9H,7H2,1H3,(H,26,27)(H,20,22,25). The van der Waals surface area contributed by atoms with E-state index >= 15 is 0 Å². The van der Waals surface area contributed by atoms with Crippen molar-refractivity contribution in [3.8, 4) is 0 Å². The molecule has 0 aliphatic carbocycles. The number of benzene rings is 1. The van der Waals surface area contributed by atoms with E-state index in [-0.39, 0.29) is 11.6 Å². The van der Waals surface area contributed by atoms with Crippen molar-refractivity contribution in [2.24, 2.45) is 0 Å². The lowest BCUT2D eigenvalue weighted by atomic mass is 10.2. The molecule has 2 N–H and O–H groups in total. The van der Waals surface area contributed by atoms with Crippen LogP contribution in [0.5, 0.6) is 0 Å². The van der Waals surface area contributed by atoms with Gasteiger partial charge in [0.1, 0.15) is 12.4 Å². The van der Waals surface area contributed by atoms with E-state index in [1.165, 1.54) is 34.9 Å². The molecule has 1 aromatic carbocycles. The number of hydrogen-bond donors (Lipinski definition) is 2. The molecule has 1 amide bonds. The van der Waals surface area contributed by atoms with Crippen LogP contribution in [0.4, 0.5) is 5.95 Å². The van der Waals surface area contributed by atoms with Gasteiger partial charge in [-0.1, -0.05) is 29.3 Å². The van der Waals surface area contributed by atoms with E-state index in [0.29, 0.717) is 16.6 Å². The monoisotopic (exact) mass is 408 g/mol. The Hall–Kier alpha value is -2.91. The summed E-state index contributed by atoms with van der Waals surface area (Å²) < 4.78 is 2.72. The average molecular weight is 409 g/mol. The van der Waals surface area contributed by atoms with Crippen molar-refractivity contribution in [1.29, 1.82) is 0 Å². The second-order valence-corrected chi connectivity index (χ2v) is 6.48. The number of nitrogens with zero attached hydrogens (tertiary/aromatic N) is 5. The van der Waals surface area contributed by atoms with E-state index in [1.807, 2.05) is 6.07 Å². The zero-order valence-electron chi connectivity index (χ0n) is 14.0. The molecule has 3 aromatic rings. The molecule has 140 valence electrons. The van der Waals surface area contributed by atoms with Gasteiger partial charge in [-0.15, -0.1) is 5.10 Å². The highest BCUT2D eigenvalue weighted by Gasteiger charge is 2.17. The zero-order valence-corrected chi connectivity index (χ0v) is 15.5. The van der Waals surface area contributed by atoms with Gasteiger partial charge in [-0.2, -0.15) is 5.10 Å². The van der Waals surface area contributed by atoms with Crippen molar-refractivity contribution in [3.63, 3.8) is 0 Å². The average Bonchev–Trinajstić information content (AvgIpc) is 3.27. The van der Waals surface area contributed by atoms with Gasteiger partial charge in [0.15, 0.2) is 5.69 Å². The van der Waals surface area contributed by atoms with Crippen molar-refractivity contribution in [2.45, 2.75) is 19.5 Å². The summed E-state index contributed by atoms with van der Waals surface area (Å²) in [6, 6.07) is 5.76. The van der Waals surface area contributed by atoms with Crippen LogP contribution in [-0.4, -0.2) is 41.5 Å². The number of hydrogen-bond acceptors (Lipinski definition) is 5. The molecule has 0 radical (unpaired) electrons. The maximum atomic E-state index is 12.2. The number of halogens is 2. The number of aromatic nitrogens is 5. The molecule has 2 heterocycles. The summed E-state index contributed by atoms with van der Waals surface area (Å²) in [6.45, 7) is 1.85. The molecule has 0 spiro atoms. The quantitative estimate of drug-likeness (QED) is 0.647. The third-order valence-corrected chi connectivity index (χ3v) is 4.42. The van der Waals surface area contributed by atoms with Gasteiger partial charge in [0.2, 0.25) is 5.95 Å². The molecule has 0 saturated carbocycles. The molecule has 0 saturated heterocycles. The van der Waals surface area contributed by atoms with E-state index in [1.54, 1.807) is 12.1 Å². The van der Waals surface area contributed by atoms with Crippen LogP contribution in [0.2, 0.25) is 10.0 Å². The van der Waals surface area contributed by atoms with Gasteiger partial charge in [-0.25, -0.2) is 14.5 Å². The lowest BCUT2D eigenvalue weighted by Gasteiger charge is -2.05. The van der Waals surface area contributed by atoms with Gasteiger partial charge in [-0.3, -0.25) is 14.8 Å². The first-order valence-electron chi connectivity index (χ1n) is 7.76.